The predicted molar refractivity (Wildman–Crippen MR) is 113 cm³/mol. The summed E-state index contributed by atoms with van der Waals surface area (Å²) in [6, 6.07) is 10.9. The molecule has 33 heavy (non-hydrogen) atoms. The van der Waals surface area contributed by atoms with E-state index in [-0.39, 0.29) is 18.0 Å². The van der Waals surface area contributed by atoms with E-state index in [1.54, 1.807) is 6.07 Å². The molecule has 0 spiro atoms. The zero-order valence-corrected chi connectivity index (χ0v) is 17.8. The molecule has 0 unspecified atom stereocenters. The highest BCUT2D eigenvalue weighted by Crippen LogP contribution is 2.32. The zero-order chi connectivity index (χ0) is 23.4. The van der Waals surface area contributed by atoms with E-state index in [4.69, 9.17) is 0 Å². The first-order valence-electron chi connectivity index (χ1n) is 10.6. The van der Waals surface area contributed by atoms with E-state index in [2.05, 4.69) is 15.5 Å². The van der Waals surface area contributed by atoms with Crippen LogP contribution in [0.25, 0.3) is 0 Å². The number of amides is 1. The number of halogens is 4. The van der Waals surface area contributed by atoms with Crippen LogP contribution < -0.4 is 5.32 Å². The average Bonchev–Trinajstić information content (AvgIpc) is 3.05. The smallest absolute Gasteiger partial charge is 0.352 e. The molecule has 0 radical (unpaired) electrons. The standard InChI is InChI=1S/C23H23F4N5O/c24-18-7-5-16(6-8-18)22(33)28-11-9-20-29-30-21-10-12-31(13-14-32(20)21)15-17-3-1-2-4-19(17)23(25,26)27/h1-8H,9-15H2,(H,28,33). The van der Waals surface area contributed by atoms with Crippen LogP contribution in [0.15, 0.2) is 48.5 Å². The van der Waals surface area contributed by atoms with E-state index in [1.165, 1.54) is 36.4 Å². The predicted octanol–water partition coefficient (Wildman–Crippen LogP) is 3.47. The maximum Gasteiger partial charge on any atom is 0.416 e. The number of alkyl halides is 3. The summed E-state index contributed by atoms with van der Waals surface area (Å²) in [5.74, 6) is 0.775. The van der Waals surface area contributed by atoms with E-state index < -0.39 is 17.6 Å². The van der Waals surface area contributed by atoms with Crippen LogP contribution in [0.5, 0.6) is 0 Å². The molecule has 0 saturated heterocycles. The van der Waals surface area contributed by atoms with Crippen LogP contribution in [0.1, 0.15) is 33.1 Å². The van der Waals surface area contributed by atoms with Crippen LogP contribution in [0.3, 0.4) is 0 Å². The number of rotatable bonds is 6. The second-order valence-electron chi connectivity index (χ2n) is 7.88. The Balaban J connectivity index is 1.34. The second kappa shape index (κ2) is 9.70. The molecule has 10 heteroatoms. The first kappa shape index (κ1) is 22.9. The summed E-state index contributed by atoms with van der Waals surface area (Å²) in [5.41, 5.74) is 0.0175. The molecule has 2 heterocycles. The van der Waals surface area contributed by atoms with Crippen LogP contribution in [-0.4, -0.2) is 45.2 Å². The molecule has 0 saturated carbocycles. The van der Waals surface area contributed by atoms with Crippen LogP contribution in [-0.2, 0) is 32.1 Å². The maximum atomic E-state index is 13.3. The minimum absolute atomic E-state index is 0.205. The summed E-state index contributed by atoms with van der Waals surface area (Å²) in [4.78, 5) is 14.2. The molecule has 1 aromatic heterocycles. The van der Waals surface area contributed by atoms with Crippen molar-refractivity contribution in [3.05, 3.63) is 82.7 Å². The van der Waals surface area contributed by atoms with Crippen LogP contribution >= 0.6 is 0 Å². The molecular weight excluding hydrogens is 438 g/mol. The van der Waals surface area contributed by atoms with Gasteiger partial charge >= 0.3 is 6.18 Å². The molecule has 6 nitrogen and oxygen atoms in total. The normalized spacial score (nSPS) is 14.5. The van der Waals surface area contributed by atoms with Gasteiger partial charge in [-0.2, -0.15) is 13.2 Å². The van der Waals surface area contributed by atoms with Gasteiger partial charge in [0, 0.05) is 51.1 Å². The minimum atomic E-state index is -4.38. The van der Waals surface area contributed by atoms with Gasteiger partial charge in [0.2, 0.25) is 0 Å². The molecule has 174 valence electrons. The molecule has 2 aromatic carbocycles. The number of carbonyl (C=O) groups is 1. The SMILES string of the molecule is O=C(NCCc1nnc2n1CCN(Cc1ccccc1C(F)(F)F)CC2)c1ccc(F)cc1. The summed E-state index contributed by atoms with van der Waals surface area (Å²) in [6.07, 6.45) is -3.36. The highest BCUT2D eigenvalue weighted by atomic mass is 19.4. The lowest BCUT2D eigenvalue weighted by atomic mass is 10.1. The Labute approximate surface area is 188 Å². The van der Waals surface area contributed by atoms with Crippen molar-refractivity contribution in [2.45, 2.75) is 32.1 Å². The van der Waals surface area contributed by atoms with E-state index in [9.17, 15) is 22.4 Å². The lowest BCUT2D eigenvalue weighted by molar-refractivity contribution is -0.138. The maximum absolute atomic E-state index is 13.3. The van der Waals surface area contributed by atoms with Gasteiger partial charge < -0.3 is 9.88 Å². The lowest BCUT2D eigenvalue weighted by Crippen LogP contribution is -2.28. The summed E-state index contributed by atoms with van der Waals surface area (Å²) >= 11 is 0. The van der Waals surface area contributed by atoms with Gasteiger partial charge in [0.1, 0.15) is 17.5 Å². The number of fused-ring (bicyclic) bond motifs is 1. The number of nitrogens with zero attached hydrogens (tertiary/aromatic N) is 4. The summed E-state index contributed by atoms with van der Waals surface area (Å²) in [6.45, 7) is 2.23. The van der Waals surface area contributed by atoms with E-state index in [0.717, 1.165) is 11.9 Å². The van der Waals surface area contributed by atoms with Gasteiger partial charge in [-0.1, -0.05) is 18.2 Å². The van der Waals surface area contributed by atoms with Crippen molar-refractivity contribution in [3.63, 3.8) is 0 Å². The van der Waals surface area contributed by atoms with Gasteiger partial charge in [0.15, 0.2) is 0 Å². The van der Waals surface area contributed by atoms with Crippen molar-refractivity contribution in [3.8, 4) is 0 Å². The molecule has 4 rings (SSSR count). The Morgan fingerprint density at radius 1 is 1.00 bits per heavy atom. The number of aromatic nitrogens is 3. The van der Waals surface area contributed by atoms with E-state index in [0.29, 0.717) is 50.4 Å². The van der Waals surface area contributed by atoms with Crippen LogP contribution in [0.2, 0.25) is 0 Å². The third kappa shape index (κ3) is 5.57. The van der Waals surface area contributed by atoms with Crippen molar-refractivity contribution in [1.82, 2.24) is 25.0 Å². The van der Waals surface area contributed by atoms with Gasteiger partial charge in [0.05, 0.1) is 5.56 Å². The molecule has 0 bridgehead atoms. The molecule has 1 N–H and O–H groups in total. The summed E-state index contributed by atoms with van der Waals surface area (Å²) in [5, 5.41) is 11.2. The largest absolute Gasteiger partial charge is 0.416 e. The number of nitrogens with one attached hydrogen (secondary N) is 1. The van der Waals surface area contributed by atoms with E-state index >= 15 is 0 Å². The van der Waals surface area contributed by atoms with Crippen LogP contribution in [0.4, 0.5) is 17.6 Å². The number of benzene rings is 2. The third-order valence-electron chi connectivity index (χ3n) is 5.65. The van der Waals surface area contributed by atoms with Gasteiger partial charge in [-0.25, -0.2) is 4.39 Å². The van der Waals surface area contributed by atoms with Crippen molar-refractivity contribution < 1.29 is 22.4 Å². The Bertz CT molecular complexity index is 1110. The van der Waals surface area contributed by atoms with Crippen molar-refractivity contribution in [2.75, 3.05) is 19.6 Å². The minimum Gasteiger partial charge on any atom is -0.352 e. The first-order chi connectivity index (χ1) is 15.8. The van der Waals surface area contributed by atoms with E-state index in [1.807, 2.05) is 9.47 Å². The molecule has 1 aliphatic heterocycles. The van der Waals surface area contributed by atoms with Gasteiger partial charge in [0.25, 0.3) is 5.91 Å². The first-order valence-corrected chi connectivity index (χ1v) is 10.6. The molecule has 0 aliphatic carbocycles. The molecule has 1 amide bonds. The Morgan fingerprint density at radius 3 is 2.52 bits per heavy atom. The number of carbonyl (C=O) groups excluding carboxylic acids is 1. The zero-order valence-electron chi connectivity index (χ0n) is 17.8. The van der Waals surface area contributed by atoms with Crippen molar-refractivity contribution in [2.24, 2.45) is 0 Å². The Kier molecular flexibility index (Phi) is 6.73. The number of hydrogen-bond donors (Lipinski definition) is 1. The van der Waals surface area contributed by atoms with Crippen LogP contribution in [0, 0.1) is 5.82 Å². The third-order valence-corrected chi connectivity index (χ3v) is 5.65. The monoisotopic (exact) mass is 461 g/mol. The molecule has 3 aromatic rings. The topological polar surface area (TPSA) is 63.1 Å². The Morgan fingerprint density at radius 2 is 1.76 bits per heavy atom. The fourth-order valence-electron chi connectivity index (χ4n) is 3.94. The van der Waals surface area contributed by atoms with Gasteiger partial charge in [-0.05, 0) is 35.9 Å². The highest BCUT2D eigenvalue weighted by Gasteiger charge is 2.33. The quantitative estimate of drug-likeness (QED) is 0.571. The van der Waals surface area contributed by atoms with Gasteiger partial charge in [-0.3, -0.25) is 9.69 Å². The summed E-state index contributed by atoms with van der Waals surface area (Å²) < 4.78 is 54.9. The fourth-order valence-corrected chi connectivity index (χ4v) is 3.94. The Hall–Kier alpha value is -3.27. The van der Waals surface area contributed by atoms with Crippen molar-refractivity contribution in [1.29, 1.82) is 0 Å². The molecule has 0 fully saturated rings. The average molecular weight is 461 g/mol. The van der Waals surface area contributed by atoms with Crippen molar-refractivity contribution >= 4 is 5.91 Å². The molecule has 0 atom stereocenters. The molecular formula is C23H23F4N5O. The highest BCUT2D eigenvalue weighted by molar-refractivity contribution is 5.94. The fraction of sp³-hybridized carbons (Fsp3) is 0.348. The second-order valence-corrected chi connectivity index (χ2v) is 7.88. The van der Waals surface area contributed by atoms with Gasteiger partial charge in [-0.15, -0.1) is 10.2 Å². The molecule has 1 aliphatic rings. The lowest BCUT2D eigenvalue weighted by Gasteiger charge is -2.22. The number of hydrogen-bond acceptors (Lipinski definition) is 4. The summed E-state index contributed by atoms with van der Waals surface area (Å²) in [7, 11) is 0.